The number of aryl methyl sites for hydroxylation is 1. The minimum Gasteiger partial charge on any atom is -0.474 e. The van der Waals surface area contributed by atoms with Crippen LogP contribution in [0.25, 0.3) is 5.69 Å². The summed E-state index contributed by atoms with van der Waals surface area (Å²) in [5, 5.41) is 11.2. The van der Waals surface area contributed by atoms with E-state index in [1.54, 1.807) is 10.9 Å². The Labute approximate surface area is 170 Å². The molecular weight excluding hydrogens is 366 g/mol. The van der Waals surface area contributed by atoms with E-state index in [9.17, 15) is 4.79 Å². The van der Waals surface area contributed by atoms with Gasteiger partial charge in [0.05, 0.1) is 11.4 Å². The largest absolute Gasteiger partial charge is 0.474 e. The van der Waals surface area contributed by atoms with Crippen LogP contribution in [0.5, 0.6) is 5.88 Å². The monoisotopic (exact) mass is 391 g/mol. The van der Waals surface area contributed by atoms with Gasteiger partial charge in [0.25, 0.3) is 5.91 Å². The second kappa shape index (κ2) is 8.43. The van der Waals surface area contributed by atoms with Crippen LogP contribution in [0.4, 0.5) is 0 Å². The Hall–Kier alpha value is -3.22. The standard InChI is InChI=1S/C22H25N5O2/c1-15-9-11-18(12-10-15)27-16(2)20(25-26-27)21(28)24-14-17-6-5-13-23-22(17)29-19-7-3-4-8-19/h5-6,9-13,19H,3-4,7-8,14H2,1-2H3,(H,24,28). The van der Waals surface area contributed by atoms with Crippen molar-refractivity contribution in [3.05, 3.63) is 65.1 Å². The smallest absolute Gasteiger partial charge is 0.274 e. The number of ether oxygens (including phenoxy) is 1. The van der Waals surface area contributed by atoms with Gasteiger partial charge in [-0.3, -0.25) is 4.79 Å². The van der Waals surface area contributed by atoms with Gasteiger partial charge in [-0.05, 0) is 57.7 Å². The van der Waals surface area contributed by atoms with Crippen molar-refractivity contribution in [3.8, 4) is 11.6 Å². The number of pyridine rings is 1. The van der Waals surface area contributed by atoms with Crippen molar-refractivity contribution >= 4 is 5.91 Å². The van der Waals surface area contributed by atoms with Crippen molar-refractivity contribution in [1.82, 2.24) is 25.3 Å². The van der Waals surface area contributed by atoms with Gasteiger partial charge in [-0.2, -0.15) is 0 Å². The summed E-state index contributed by atoms with van der Waals surface area (Å²) in [6, 6.07) is 11.7. The van der Waals surface area contributed by atoms with Crippen molar-refractivity contribution in [2.45, 2.75) is 52.2 Å². The lowest BCUT2D eigenvalue weighted by molar-refractivity contribution is 0.0944. The van der Waals surface area contributed by atoms with E-state index in [2.05, 4.69) is 20.6 Å². The Bertz CT molecular complexity index is 991. The molecule has 7 heteroatoms. The average molecular weight is 391 g/mol. The molecule has 150 valence electrons. The van der Waals surface area contributed by atoms with Crippen molar-refractivity contribution in [1.29, 1.82) is 0 Å². The fourth-order valence-electron chi connectivity index (χ4n) is 3.56. The van der Waals surface area contributed by atoms with E-state index in [0.717, 1.165) is 29.7 Å². The molecule has 2 aromatic heterocycles. The molecule has 0 saturated heterocycles. The summed E-state index contributed by atoms with van der Waals surface area (Å²) in [6.45, 7) is 4.19. The second-order valence-corrected chi connectivity index (χ2v) is 7.45. The maximum atomic E-state index is 12.7. The van der Waals surface area contributed by atoms with Gasteiger partial charge in [-0.25, -0.2) is 9.67 Å². The number of hydrogen-bond acceptors (Lipinski definition) is 5. The van der Waals surface area contributed by atoms with Crippen molar-refractivity contribution in [3.63, 3.8) is 0 Å². The van der Waals surface area contributed by atoms with Crippen LogP contribution >= 0.6 is 0 Å². The molecule has 7 nitrogen and oxygen atoms in total. The number of aromatic nitrogens is 4. The zero-order valence-corrected chi connectivity index (χ0v) is 16.8. The minimum atomic E-state index is -0.267. The summed E-state index contributed by atoms with van der Waals surface area (Å²) in [5.41, 5.74) is 3.90. The van der Waals surface area contributed by atoms with E-state index in [1.165, 1.54) is 12.8 Å². The van der Waals surface area contributed by atoms with E-state index in [1.807, 2.05) is 50.2 Å². The number of amides is 1. The number of benzene rings is 1. The summed E-state index contributed by atoms with van der Waals surface area (Å²) < 4.78 is 7.72. The van der Waals surface area contributed by atoms with E-state index < -0.39 is 0 Å². The van der Waals surface area contributed by atoms with Gasteiger partial charge >= 0.3 is 0 Å². The van der Waals surface area contributed by atoms with Crippen LogP contribution in [0, 0.1) is 13.8 Å². The molecule has 1 saturated carbocycles. The molecule has 1 aliphatic carbocycles. The molecule has 3 aromatic rings. The van der Waals surface area contributed by atoms with Crippen LogP contribution in [-0.2, 0) is 6.54 Å². The van der Waals surface area contributed by atoms with E-state index in [0.29, 0.717) is 23.8 Å². The van der Waals surface area contributed by atoms with E-state index >= 15 is 0 Å². The zero-order valence-electron chi connectivity index (χ0n) is 16.8. The second-order valence-electron chi connectivity index (χ2n) is 7.45. The molecule has 0 radical (unpaired) electrons. The van der Waals surface area contributed by atoms with Gasteiger partial charge in [0.15, 0.2) is 5.69 Å². The first-order chi connectivity index (χ1) is 14.1. The van der Waals surface area contributed by atoms with Gasteiger partial charge in [-0.15, -0.1) is 5.10 Å². The first-order valence-corrected chi connectivity index (χ1v) is 10.00. The van der Waals surface area contributed by atoms with Gasteiger partial charge < -0.3 is 10.1 Å². The first-order valence-electron chi connectivity index (χ1n) is 10.00. The summed E-state index contributed by atoms with van der Waals surface area (Å²) in [5.74, 6) is 0.330. The highest BCUT2D eigenvalue weighted by molar-refractivity contribution is 5.93. The predicted octanol–water partition coefficient (Wildman–Crippen LogP) is 3.53. The van der Waals surface area contributed by atoms with Crippen LogP contribution in [0.1, 0.15) is 53.0 Å². The lowest BCUT2D eigenvalue weighted by Gasteiger charge is -2.15. The van der Waals surface area contributed by atoms with Gasteiger partial charge in [0.1, 0.15) is 6.10 Å². The third-order valence-corrected chi connectivity index (χ3v) is 5.26. The Morgan fingerprint density at radius 2 is 1.93 bits per heavy atom. The number of nitrogens with one attached hydrogen (secondary N) is 1. The molecule has 0 atom stereocenters. The molecule has 0 spiro atoms. The molecule has 1 fully saturated rings. The zero-order chi connectivity index (χ0) is 20.2. The fraction of sp³-hybridized carbons (Fsp3) is 0.364. The number of carbonyl (C=O) groups is 1. The van der Waals surface area contributed by atoms with Crippen molar-refractivity contribution in [2.75, 3.05) is 0 Å². The summed E-state index contributed by atoms with van der Waals surface area (Å²) in [7, 11) is 0. The normalized spacial score (nSPS) is 14.1. The minimum absolute atomic E-state index is 0.219. The number of nitrogens with zero attached hydrogens (tertiary/aromatic N) is 4. The number of carbonyl (C=O) groups excluding carboxylic acids is 1. The Morgan fingerprint density at radius 1 is 1.17 bits per heavy atom. The molecule has 2 heterocycles. The SMILES string of the molecule is Cc1ccc(-n2nnc(C(=O)NCc3cccnc3OC3CCCC3)c2C)cc1. The molecule has 29 heavy (non-hydrogen) atoms. The number of rotatable bonds is 6. The highest BCUT2D eigenvalue weighted by Gasteiger charge is 2.20. The highest BCUT2D eigenvalue weighted by Crippen LogP contribution is 2.25. The van der Waals surface area contributed by atoms with Gasteiger partial charge in [0.2, 0.25) is 5.88 Å². The Kier molecular flexibility index (Phi) is 5.55. The maximum absolute atomic E-state index is 12.7. The maximum Gasteiger partial charge on any atom is 0.274 e. The molecule has 1 amide bonds. The lowest BCUT2D eigenvalue weighted by atomic mass is 10.2. The summed E-state index contributed by atoms with van der Waals surface area (Å²) in [4.78, 5) is 17.1. The van der Waals surface area contributed by atoms with Crippen LogP contribution in [0.3, 0.4) is 0 Å². The van der Waals surface area contributed by atoms with Crippen LogP contribution in [-0.4, -0.2) is 32.0 Å². The first kappa shape index (κ1) is 19.1. The molecule has 0 bridgehead atoms. The van der Waals surface area contributed by atoms with Crippen LogP contribution in [0.2, 0.25) is 0 Å². The molecular formula is C22H25N5O2. The lowest BCUT2D eigenvalue weighted by Crippen LogP contribution is -2.25. The van der Waals surface area contributed by atoms with Gasteiger partial charge in [-0.1, -0.05) is 29.0 Å². The van der Waals surface area contributed by atoms with Crippen molar-refractivity contribution < 1.29 is 9.53 Å². The van der Waals surface area contributed by atoms with Crippen LogP contribution < -0.4 is 10.1 Å². The Balaban J connectivity index is 1.45. The van der Waals surface area contributed by atoms with Crippen LogP contribution in [0.15, 0.2) is 42.6 Å². The third kappa shape index (κ3) is 4.29. The molecule has 0 aliphatic heterocycles. The van der Waals surface area contributed by atoms with E-state index in [-0.39, 0.29) is 12.0 Å². The molecule has 1 aliphatic rings. The highest BCUT2D eigenvalue weighted by atomic mass is 16.5. The summed E-state index contributed by atoms with van der Waals surface area (Å²) >= 11 is 0. The quantitative estimate of drug-likeness (QED) is 0.695. The summed E-state index contributed by atoms with van der Waals surface area (Å²) in [6.07, 6.45) is 6.44. The molecule has 0 unspecified atom stereocenters. The molecule has 4 rings (SSSR count). The fourth-order valence-corrected chi connectivity index (χ4v) is 3.56. The Morgan fingerprint density at radius 3 is 2.69 bits per heavy atom. The molecule has 1 N–H and O–H groups in total. The predicted molar refractivity (Wildman–Crippen MR) is 109 cm³/mol. The van der Waals surface area contributed by atoms with Crippen molar-refractivity contribution in [2.24, 2.45) is 0 Å². The average Bonchev–Trinajstić information content (AvgIpc) is 3.37. The topological polar surface area (TPSA) is 81.9 Å². The molecule has 1 aromatic carbocycles. The number of hydrogen-bond donors (Lipinski definition) is 1. The van der Waals surface area contributed by atoms with Gasteiger partial charge in [0, 0.05) is 18.3 Å². The third-order valence-electron chi connectivity index (χ3n) is 5.26. The van der Waals surface area contributed by atoms with E-state index in [4.69, 9.17) is 4.74 Å².